The van der Waals surface area contributed by atoms with E-state index in [1.807, 2.05) is 0 Å². The van der Waals surface area contributed by atoms with Crippen LogP contribution >= 0.6 is 0 Å². The first-order chi connectivity index (χ1) is 8.29. The lowest BCUT2D eigenvalue weighted by Crippen LogP contribution is -2.55. The van der Waals surface area contributed by atoms with Crippen molar-refractivity contribution in [3.05, 3.63) is 0 Å². The summed E-state index contributed by atoms with van der Waals surface area (Å²) in [5.41, 5.74) is 3.15. The van der Waals surface area contributed by atoms with Gasteiger partial charge in [-0.25, -0.2) is 0 Å². The molecule has 1 rings (SSSR count). The van der Waals surface area contributed by atoms with Crippen LogP contribution in [0.3, 0.4) is 0 Å². The molecule has 18 heavy (non-hydrogen) atoms. The van der Waals surface area contributed by atoms with E-state index >= 15 is 0 Å². The van der Waals surface area contributed by atoms with Gasteiger partial charge < -0.3 is 4.74 Å². The maximum absolute atomic E-state index is 5.84. The molecule has 0 heterocycles. The minimum atomic E-state index is 0.107. The molecule has 0 aliphatic heterocycles. The van der Waals surface area contributed by atoms with Crippen molar-refractivity contribution < 1.29 is 4.74 Å². The van der Waals surface area contributed by atoms with Crippen LogP contribution in [0.2, 0.25) is 0 Å². The molecule has 1 aliphatic carbocycles. The van der Waals surface area contributed by atoms with E-state index in [4.69, 9.17) is 10.6 Å². The van der Waals surface area contributed by atoms with Gasteiger partial charge in [0.1, 0.15) is 0 Å². The predicted molar refractivity (Wildman–Crippen MR) is 77.0 cm³/mol. The summed E-state index contributed by atoms with van der Waals surface area (Å²) >= 11 is 0. The first-order valence-electron chi connectivity index (χ1n) is 7.28. The van der Waals surface area contributed by atoms with Gasteiger partial charge in [0.15, 0.2) is 0 Å². The number of nitrogens with two attached hydrogens (primary N) is 1. The highest BCUT2D eigenvalue weighted by Gasteiger charge is 2.39. The molecule has 0 amide bonds. The van der Waals surface area contributed by atoms with Crippen molar-refractivity contribution in [2.24, 2.45) is 29.0 Å². The first-order valence-corrected chi connectivity index (χ1v) is 7.28. The summed E-state index contributed by atoms with van der Waals surface area (Å²) in [6.45, 7) is 11.4. The molecule has 0 bridgehead atoms. The fourth-order valence-corrected chi connectivity index (χ4v) is 3.81. The van der Waals surface area contributed by atoms with Crippen molar-refractivity contribution in [1.82, 2.24) is 5.43 Å². The summed E-state index contributed by atoms with van der Waals surface area (Å²) in [4.78, 5) is 0. The van der Waals surface area contributed by atoms with Crippen LogP contribution in [0, 0.1) is 23.2 Å². The third-order valence-electron chi connectivity index (χ3n) is 4.35. The average molecular weight is 256 g/mol. The molecule has 3 heteroatoms. The van der Waals surface area contributed by atoms with Crippen LogP contribution in [0.25, 0.3) is 0 Å². The van der Waals surface area contributed by atoms with Crippen molar-refractivity contribution >= 4 is 0 Å². The molecule has 3 nitrogen and oxygen atoms in total. The second-order valence-corrected chi connectivity index (χ2v) is 7.39. The number of hydrazine groups is 1. The van der Waals surface area contributed by atoms with Crippen LogP contribution in [-0.2, 0) is 4.74 Å². The lowest BCUT2D eigenvalue weighted by molar-refractivity contribution is -0.0367. The molecule has 108 valence electrons. The highest BCUT2D eigenvalue weighted by atomic mass is 16.5. The van der Waals surface area contributed by atoms with Gasteiger partial charge in [-0.15, -0.1) is 0 Å². The predicted octanol–water partition coefficient (Wildman–Crippen LogP) is 2.95. The van der Waals surface area contributed by atoms with E-state index in [2.05, 4.69) is 40.0 Å². The molecule has 1 saturated carbocycles. The zero-order valence-corrected chi connectivity index (χ0v) is 13.0. The maximum atomic E-state index is 5.84. The zero-order chi connectivity index (χ0) is 13.9. The Morgan fingerprint density at radius 3 is 1.94 bits per heavy atom. The lowest BCUT2D eigenvalue weighted by Gasteiger charge is -2.43. The monoisotopic (exact) mass is 256 g/mol. The Morgan fingerprint density at radius 2 is 1.61 bits per heavy atom. The molecule has 4 atom stereocenters. The van der Waals surface area contributed by atoms with Crippen molar-refractivity contribution in [2.75, 3.05) is 7.11 Å². The van der Waals surface area contributed by atoms with Crippen molar-refractivity contribution in [1.29, 1.82) is 0 Å². The molecule has 1 fully saturated rings. The molecule has 1 aliphatic rings. The second-order valence-electron chi connectivity index (χ2n) is 7.39. The Kier molecular flexibility index (Phi) is 5.63. The quantitative estimate of drug-likeness (QED) is 0.600. The van der Waals surface area contributed by atoms with Crippen LogP contribution in [0.1, 0.15) is 53.9 Å². The van der Waals surface area contributed by atoms with Gasteiger partial charge in [-0.3, -0.25) is 11.3 Å². The number of hydrogen-bond donors (Lipinski definition) is 2. The largest absolute Gasteiger partial charge is 0.379 e. The highest BCUT2D eigenvalue weighted by molar-refractivity contribution is 4.92. The van der Waals surface area contributed by atoms with Gasteiger partial charge >= 0.3 is 0 Å². The Hall–Kier alpha value is -0.120. The third-order valence-corrected chi connectivity index (χ3v) is 4.35. The van der Waals surface area contributed by atoms with E-state index in [0.717, 1.165) is 11.8 Å². The molecule has 0 aromatic rings. The summed E-state index contributed by atoms with van der Waals surface area (Å²) in [6.07, 6.45) is 4.02. The normalized spacial score (nSPS) is 33.2. The molecule has 0 spiro atoms. The van der Waals surface area contributed by atoms with E-state index in [9.17, 15) is 0 Å². The fraction of sp³-hybridized carbons (Fsp3) is 1.00. The molecular formula is C15H32N2O. The Labute approximate surface area is 113 Å². The summed E-state index contributed by atoms with van der Waals surface area (Å²) in [5, 5.41) is 0. The topological polar surface area (TPSA) is 47.3 Å². The maximum Gasteiger partial charge on any atom is 0.0788 e. The lowest BCUT2D eigenvalue weighted by atomic mass is 9.70. The van der Waals surface area contributed by atoms with Gasteiger partial charge in [-0.1, -0.05) is 34.6 Å². The Morgan fingerprint density at radius 1 is 1.11 bits per heavy atom. The molecule has 0 aromatic heterocycles. The number of nitrogens with one attached hydrogen (secondary N) is 1. The van der Waals surface area contributed by atoms with E-state index in [1.54, 1.807) is 7.11 Å². The highest BCUT2D eigenvalue weighted by Crippen LogP contribution is 2.38. The van der Waals surface area contributed by atoms with E-state index in [0.29, 0.717) is 5.92 Å². The van der Waals surface area contributed by atoms with Gasteiger partial charge in [0, 0.05) is 7.11 Å². The molecule has 4 unspecified atom stereocenters. The molecule has 0 aromatic carbocycles. The second kappa shape index (κ2) is 6.36. The number of methoxy groups -OCH3 is 1. The number of rotatable bonds is 4. The summed E-state index contributed by atoms with van der Waals surface area (Å²) in [6, 6.07) is 0.250. The van der Waals surface area contributed by atoms with Crippen LogP contribution in [0.4, 0.5) is 0 Å². The van der Waals surface area contributed by atoms with Gasteiger partial charge in [0.05, 0.1) is 12.1 Å². The van der Waals surface area contributed by atoms with Gasteiger partial charge in [-0.2, -0.15) is 0 Å². The van der Waals surface area contributed by atoms with Gasteiger partial charge in [0.2, 0.25) is 0 Å². The van der Waals surface area contributed by atoms with E-state index in [1.165, 1.54) is 19.3 Å². The Balaban J connectivity index is 2.81. The van der Waals surface area contributed by atoms with Crippen LogP contribution in [-0.4, -0.2) is 19.3 Å². The van der Waals surface area contributed by atoms with Crippen LogP contribution in [0.5, 0.6) is 0 Å². The van der Waals surface area contributed by atoms with Crippen molar-refractivity contribution in [3.8, 4) is 0 Å². The molecular weight excluding hydrogens is 224 g/mol. The molecule has 0 saturated heterocycles. The minimum Gasteiger partial charge on any atom is -0.379 e. The van der Waals surface area contributed by atoms with Crippen LogP contribution < -0.4 is 11.3 Å². The summed E-state index contributed by atoms with van der Waals surface area (Å²) < 4.78 is 5.75. The van der Waals surface area contributed by atoms with Crippen molar-refractivity contribution in [2.45, 2.75) is 66.0 Å². The Bertz CT molecular complexity index is 239. The smallest absolute Gasteiger partial charge is 0.0788 e. The summed E-state index contributed by atoms with van der Waals surface area (Å²) in [7, 11) is 1.80. The van der Waals surface area contributed by atoms with E-state index < -0.39 is 0 Å². The average Bonchev–Trinajstić information content (AvgIpc) is 2.22. The first kappa shape index (κ1) is 15.9. The number of ether oxygens (including phenoxy) is 1. The zero-order valence-electron chi connectivity index (χ0n) is 13.0. The fourth-order valence-electron chi connectivity index (χ4n) is 3.81. The third kappa shape index (κ3) is 3.94. The van der Waals surface area contributed by atoms with Crippen LogP contribution in [0.15, 0.2) is 0 Å². The minimum absolute atomic E-state index is 0.107. The molecule has 0 radical (unpaired) electrons. The SMILES string of the molecule is COC(C(NN)C1CC(C)CC(C)C1)C(C)(C)C. The van der Waals surface area contributed by atoms with Gasteiger partial charge in [-0.05, 0) is 42.4 Å². The number of hydrogen-bond acceptors (Lipinski definition) is 3. The standard InChI is InChI=1S/C15H32N2O/c1-10-7-11(2)9-12(8-10)13(17-16)14(18-6)15(3,4)5/h10-14,17H,7-9,16H2,1-6H3. The van der Waals surface area contributed by atoms with Crippen molar-refractivity contribution in [3.63, 3.8) is 0 Å². The molecule has 3 N–H and O–H groups in total. The van der Waals surface area contributed by atoms with E-state index in [-0.39, 0.29) is 17.6 Å². The van der Waals surface area contributed by atoms with Gasteiger partial charge in [0.25, 0.3) is 0 Å². The summed E-state index contributed by atoms with van der Waals surface area (Å²) in [5.74, 6) is 8.06.